The van der Waals surface area contributed by atoms with Crippen LogP contribution in [0.15, 0.2) is 79.1 Å². The molecular weight excluding hydrogens is 460 g/mol. The van der Waals surface area contributed by atoms with Gasteiger partial charge in [0.05, 0.1) is 13.0 Å². The molecule has 1 aromatic heterocycles. The van der Waals surface area contributed by atoms with Crippen molar-refractivity contribution in [1.82, 2.24) is 19.7 Å². The lowest BCUT2D eigenvalue weighted by atomic mass is 9.98. The van der Waals surface area contributed by atoms with E-state index in [9.17, 15) is 4.79 Å². The van der Waals surface area contributed by atoms with Crippen molar-refractivity contribution in [3.8, 4) is 5.75 Å². The lowest BCUT2D eigenvalue weighted by Gasteiger charge is -2.34. The molecule has 2 aliphatic rings. The molecule has 0 bridgehead atoms. The maximum Gasteiger partial charge on any atom is 0.227 e. The van der Waals surface area contributed by atoms with E-state index in [1.54, 1.807) is 0 Å². The average molecular weight is 499 g/mol. The molecule has 37 heavy (non-hydrogen) atoms. The number of hydrogen-bond acceptors (Lipinski definition) is 5. The van der Waals surface area contributed by atoms with Crippen molar-refractivity contribution in [2.24, 2.45) is 5.92 Å². The third-order valence-corrected chi connectivity index (χ3v) is 7.48. The largest absolute Gasteiger partial charge is 0.493 e. The van der Waals surface area contributed by atoms with Crippen molar-refractivity contribution in [3.63, 3.8) is 0 Å². The number of hydrogen-bond donors (Lipinski definition) is 0. The zero-order valence-electron chi connectivity index (χ0n) is 21.7. The Morgan fingerprint density at radius 2 is 1.51 bits per heavy atom. The van der Waals surface area contributed by atoms with Crippen molar-refractivity contribution >= 4 is 5.91 Å². The zero-order valence-corrected chi connectivity index (χ0v) is 21.7. The van der Waals surface area contributed by atoms with Crippen molar-refractivity contribution in [2.45, 2.75) is 32.4 Å². The van der Waals surface area contributed by atoms with Gasteiger partial charge in [-0.1, -0.05) is 48.5 Å². The van der Waals surface area contributed by atoms with E-state index >= 15 is 0 Å². The van der Waals surface area contributed by atoms with Crippen LogP contribution in [0.1, 0.15) is 29.5 Å². The summed E-state index contributed by atoms with van der Waals surface area (Å²) in [5, 5.41) is 0. The highest BCUT2D eigenvalue weighted by molar-refractivity contribution is 5.78. The fraction of sp³-hybridized carbons (Fsp3) is 0.419. The Morgan fingerprint density at radius 3 is 2.22 bits per heavy atom. The summed E-state index contributed by atoms with van der Waals surface area (Å²) in [6.45, 7) is 8.60. The topological polar surface area (TPSA) is 48.9 Å². The summed E-state index contributed by atoms with van der Waals surface area (Å²) in [5.41, 5.74) is 3.69. The van der Waals surface area contributed by atoms with E-state index in [0.29, 0.717) is 18.9 Å². The SMILES string of the molecule is O=C(Cc1ccccc1)N1CCC[C@@H](COc2ccc(CN3CCN(Cc4cccnc4)CC3)cc2)C1. The molecule has 1 amide bonds. The summed E-state index contributed by atoms with van der Waals surface area (Å²) in [7, 11) is 0. The normalized spacial score (nSPS) is 19.0. The van der Waals surface area contributed by atoms with Gasteiger partial charge in [0.1, 0.15) is 5.75 Å². The van der Waals surface area contributed by atoms with Gasteiger partial charge in [0.15, 0.2) is 0 Å². The van der Waals surface area contributed by atoms with E-state index in [1.807, 2.05) is 53.7 Å². The average Bonchev–Trinajstić information content (AvgIpc) is 2.95. The molecule has 194 valence electrons. The smallest absolute Gasteiger partial charge is 0.227 e. The predicted molar refractivity (Wildman–Crippen MR) is 146 cm³/mol. The van der Waals surface area contributed by atoms with Crippen LogP contribution in [0.4, 0.5) is 0 Å². The number of likely N-dealkylation sites (tertiary alicyclic amines) is 1. The predicted octanol–water partition coefficient (Wildman–Crippen LogP) is 4.26. The first-order valence-electron chi connectivity index (χ1n) is 13.6. The summed E-state index contributed by atoms with van der Waals surface area (Å²) < 4.78 is 6.14. The minimum Gasteiger partial charge on any atom is -0.493 e. The van der Waals surface area contributed by atoms with Crippen LogP contribution in [0.25, 0.3) is 0 Å². The van der Waals surface area contributed by atoms with Gasteiger partial charge >= 0.3 is 0 Å². The second-order valence-corrected chi connectivity index (χ2v) is 10.4. The Kier molecular flexibility index (Phi) is 8.82. The van der Waals surface area contributed by atoms with E-state index in [-0.39, 0.29) is 5.91 Å². The molecule has 0 N–H and O–H groups in total. The minimum atomic E-state index is 0.221. The van der Waals surface area contributed by atoms with Crippen molar-refractivity contribution in [1.29, 1.82) is 0 Å². The molecule has 0 aliphatic carbocycles. The van der Waals surface area contributed by atoms with Crippen LogP contribution in [-0.4, -0.2) is 71.5 Å². The first kappa shape index (κ1) is 25.4. The minimum absolute atomic E-state index is 0.221. The molecule has 6 heteroatoms. The van der Waals surface area contributed by atoms with Gasteiger partial charge < -0.3 is 9.64 Å². The monoisotopic (exact) mass is 498 g/mol. The zero-order chi connectivity index (χ0) is 25.3. The van der Waals surface area contributed by atoms with Crippen LogP contribution in [0.2, 0.25) is 0 Å². The van der Waals surface area contributed by atoms with Crippen molar-refractivity contribution < 1.29 is 9.53 Å². The fourth-order valence-electron chi connectivity index (χ4n) is 5.33. The van der Waals surface area contributed by atoms with Gasteiger partial charge in [-0.15, -0.1) is 0 Å². The highest BCUT2D eigenvalue weighted by Gasteiger charge is 2.24. The lowest BCUT2D eigenvalue weighted by Crippen LogP contribution is -2.45. The van der Waals surface area contributed by atoms with E-state index in [4.69, 9.17) is 4.74 Å². The van der Waals surface area contributed by atoms with Crippen molar-refractivity contribution in [2.75, 3.05) is 45.9 Å². The molecule has 2 saturated heterocycles. The van der Waals surface area contributed by atoms with Gasteiger partial charge in [-0.2, -0.15) is 0 Å². The van der Waals surface area contributed by atoms with Crippen molar-refractivity contribution in [3.05, 3.63) is 95.8 Å². The Balaban J connectivity index is 1.03. The second kappa shape index (κ2) is 12.8. The molecule has 0 unspecified atom stereocenters. The molecule has 5 rings (SSSR count). The number of carbonyl (C=O) groups excluding carboxylic acids is 1. The number of benzene rings is 2. The second-order valence-electron chi connectivity index (χ2n) is 10.4. The Bertz CT molecular complexity index is 1100. The van der Waals surface area contributed by atoms with Crippen LogP contribution in [-0.2, 0) is 24.3 Å². The van der Waals surface area contributed by atoms with Crippen LogP contribution < -0.4 is 4.74 Å². The third kappa shape index (κ3) is 7.63. The fourth-order valence-corrected chi connectivity index (χ4v) is 5.33. The third-order valence-electron chi connectivity index (χ3n) is 7.48. The van der Waals surface area contributed by atoms with E-state index in [1.165, 1.54) is 11.1 Å². The molecule has 0 saturated carbocycles. The maximum absolute atomic E-state index is 12.8. The van der Waals surface area contributed by atoms with Gasteiger partial charge in [0.25, 0.3) is 0 Å². The summed E-state index contributed by atoms with van der Waals surface area (Å²) in [4.78, 5) is 24.0. The summed E-state index contributed by atoms with van der Waals surface area (Å²) in [6.07, 6.45) is 6.43. The number of ether oxygens (including phenoxy) is 1. The van der Waals surface area contributed by atoms with E-state index in [2.05, 4.69) is 45.1 Å². The Hall–Kier alpha value is -3.22. The first-order valence-corrected chi connectivity index (χ1v) is 13.6. The van der Waals surface area contributed by atoms with E-state index < -0.39 is 0 Å². The van der Waals surface area contributed by atoms with Gasteiger partial charge in [0.2, 0.25) is 5.91 Å². The quantitative estimate of drug-likeness (QED) is 0.441. The van der Waals surface area contributed by atoms with Gasteiger partial charge in [0, 0.05) is 70.7 Å². The van der Waals surface area contributed by atoms with Gasteiger partial charge in [-0.25, -0.2) is 0 Å². The molecule has 6 nitrogen and oxygen atoms in total. The van der Waals surface area contributed by atoms with Crippen LogP contribution >= 0.6 is 0 Å². The van der Waals surface area contributed by atoms with E-state index in [0.717, 1.165) is 76.5 Å². The molecule has 0 radical (unpaired) electrons. The number of piperazine rings is 1. The molecular formula is C31H38N4O2. The molecule has 2 aliphatic heterocycles. The number of pyridine rings is 1. The highest BCUT2D eigenvalue weighted by atomic mass is 16.5. The van der Waals surface area contributed by atoms with Gasteiger partial charge in [-0.3, -0.25) is 19.6 Å². The molecule has 3 heterocycles. The lowest BCUT2D eigenvalue weighted by molar-refractivity contribution is -0.132. The number of nitrogens with zero attached hydrogens (tertiary/aromatic N) is 4. The summed E-state index contributed by atoms with van der Waals surface area (Å²) in [6, 6.07) is 22.7. The number of rotatable bonds is 9. The molecule has 3 aromatic rings. The van der Waals surface area contributed by atoms with Crippen LogP contribution in [0.3, 0.4) is 0 Å². The molecule has 2 aromatic carbocycles. The number of carbonyl (C=O) groups is 1. The van der Waals surface area contributed by atoms with Crippen LogP contribution in [0.5, 0.6) is 5.75 Å². The summed E-state index contributed by atoms with van der Waals surface area (Å²) >= 11 is 0. The highest BCUT2D eigenvalue weighted by Crippen LogP contribution is 2.21. The van der Waals surface area contributed by atoms with Gasteiger partial charge in [-0.05, 0) is 47.7 Å². The molecule has 2 fully saturated rings. The summed E-state index contributed by atoms with van der Waals surface area (Å²) in [5.74, 6) is 1.52. The Morgan fingerprint density at radius 1 is 0.811 bits per heavy atom. The molecule has 1 atom stereocenters. The Labute approximate surface area is 220 Å². The number of amides is 1. The first-order chi connectivity index (χ1) is 18.2. The molecule has 0 spiro atoms. The number of piperidine rings is 1. The standard InChI is InChI=1S/C31H38N4O2/c36-31(20-26-6-2-1-3-7-26)35-15-5-9-29(24-35)25-37-30-12-10-27(11-13-30)22-33-16-18-34(19-17-33)23-28-8-4-14-32-21-28/h1-4,6-8,10-14,21,29H,5,9,15-20,22-25H2/t29-/m1/s1. The van der Waals surface area contributed by atoms with Crippen LogP contribution in [0, 0.1) is 5.92 Å². The number of aromatic nitrogens is 1. The maximum atomic E-state index is 12.8.